The molecule has 11 nitrogen and oxygen atoms in total. The molecule has 1 heterocycles. The third-order valence-electron chi connectivity index (χ3n) is 7.65. The van der Waals surface area contributed by atoms with Crippen LogP contribution in [-0.2, 0) is 11.3 Å². The molecular weight excluding hydrogens is 707 g/mol. The maximum Gasteiger partial charge on any atom is 0.290 e. The van der Waals surface area contributed by atoms with E-state index in [-0.39, 0.29) is 48.9 Å². The minimum atomic E-state index is -1.31. The fourth-order valence-corrected chi connectivity index (χ4v) is 6.15. The molecular formula is C34H33IN2O9. The zero-order valence-electron chi connectivity index (χ0n) is 25.1. The lowest BCUT2D eigenvalue weighted by Crippen LogP contribution is -2.54. The van der Waals surface area contributed by atoms with E-state index in [4.69, 9.17) is 18.6 Å². The topological polar surface area (TPSA) is 148 Å². The van der Waals surface area contributed by atoms with Crippen molar-refractivity contribution in [2.45, 2.75) is 31.2 Å². The van der Waals surface area contributed by atoms with Crippen LogP contribution in [0.4, 0.5) is 0 Å². The molecule has 1 aliphatic rings. The molecule has 5 rings (SSSR count). The molecule has 4 aromatic rings. The Balaban J connectivity index is 1.58. The number of nitrogens with zero attached hydrogens (tertiary/aromatic N) is 1. The molecule has 46 heavy (non-hydrogen) atoms. The van der Waals surface area contributed by atoms with Gasteiger partial charge in [0.15, 0.2) is 28.6 Å². The molecule has 3 atom stereocenters. The predicted octanol–water partition coefficient (Wildman–Crippen LogP) is 4.13. The summed E-state index contributed by atoms with van der Waals surface area (Å²) in [4.78, 5) is 40.5. The number of aldehydes is 1. The van der Waals surface area contributed by atoms with Crippen LogP contribution in [0.2, 0.25) is 0 Å². The number of aliphatic hydroxyl groups is 2. The lowest BCUT2D eigenvalue weighted by molar-refractivity contribution is -0.118. The molecule has 0 aliphatic heterocycles. The molecule has 1 aliphatic carbocycles. The maximum absolute atomic E-state index is 14.3. The summed E-state index contributed by atoms with van der Waals surface area (Å²) in [6.45, 7) is -0.165. The summed E-state index contributed by atoms with van der Waals surface area (Å²) in [5, 5.41) is 24.5. The van der Waals surface area contributed by atoms with Gasteiger partial charge >= 0.3 is 0 Å². The van der Waals surface area contributed by atoms with Crippen LogP contribution in [-0.4, -0.2) is 78.8 Å². The number of hydrogen-bond donors (Lipinski definition) is 3. The van der Waals surface area contributed by atoms with Gasteiger partial charge in [0, 0.05) is 36.0 Å². The number of para-hydroxylation sites is 1. The molecule has 1 aromatic heterocycles. The van der Waals surface area contributed by atoms with Gasteiger partial charge in [0.1, 0.15) is 18.5 Å². The Bertz CT molecular complexity index is 1750. The number of ether oxygens (including phenoxy) is 3. The molecule has 0 unspecified atom stereocenters. The third kappa shape index (κ3) is 7.03. The molecule has 12 heteroatoms. The van der Waals surface area contributed by atoms with Crippen molar-refractivity contribution in [3.8, 4) is 17.2 Å². The molecule has 3 N–H and O–H groups in total. The minimum Gasteiger partial charge on any atom is -0.493 e. The summed E-state index contributed by atoms with van der Waals surface area (Å²) in [5.74, 6) is 0.0305. The van der Waals surface area contributed by atoms with E-state index in [1.54, 1.807) is 30.3 Å². The number of halogens is 1. The van der Waals surface area contributed by atoms with Gasteiger partial charge in [-0.2, -0.15) is 0 Å². The van der Waals surface area contributed by atoms with Crippen LogP contribution < -0.4 is 19.5 Å². The van der Waals surface area contributed by atoms with Crippen LogP contribution in [0.5, 0.6) is 17.2 Å². The van der Waals surface area contributed by atoms with Crippen molar-refractivity contribution in [1.29, 1.82) is 0 Å². The molecule has 2 amide bonds. The summed E-state index contributed by atoms with van der Waals surface area (Å²) in [5.41, 5.74) is 1.82. The maximum atomic E-state index is 14.3. The number of amides is 2. The molecule has 3 aromatic carbocycles. The number of fused-ring (bicyclic) bond motifs is 1. The monoisotopic (exact) mass is 740 g/mol. The van der Waals surface area contributed by atoms with E-state index >= 15 is 0 Å². The zero-order valence-corrected chi connectivity index (χ0v) is 27.3. The first-order valence-electron chi connectivity index (χ1n) is 14.5. The second kappa shape index (κ2) is 14.8. The van der Waals surface area contributed by atoms with Crippen LogP contribution in [0.1, 0.15) is 32.9 Å². The van der Waals surface area contributed by atoms with Gasteiger partial charge in [0.25, 0.3) is 5.91 Å². The average molecular weight is 741 g/mol. The molecule has 0 saturated carbocycles. The van der Waals surface area contributed by atoms with Crippen LogP contribution in [0.3, 0.4) is 0 Å². The van der Waals surface area contributed by atoms with Crippen molar-refractivity contribution >= 4 is 51.7 Å². The number of nitrogens with one attached hydrogen (secondary N) is 1. The predicted molar refractivity (Wildman–Crippen MR) is 177 cm³/mol. The Hall–Kier alpha value is -4.40. The quantitative estimate of drug-likeness (QED) is 0.144. The van der Waals surface area contributed by atoms with E-state index < -0.39 is 30.1 Å². The lowest BCUT2D eigenvalue weighted by atomic mass is 9.87. The van der Waals surface area contributed by atoms with E-state index in [1.807, 2.05) is 52.9 Å². The van der Waals surface area contributed by atoms with E-state index in [1.165, 1.54) is 31.3 Å². The Morgan fingerprint density at radius 3 is 2.52 bits per heavy atom. The fraction of sp³-hybridized carbons (Fsp3) is 0.265. The fourth-order valence-electron chi connectivity index (χ4n) is 5.40. The van der Waals surface area contributed by atoms with Crippen molar-refractivity contribution in [3.63, 3.8) is 0 Å². The minimum absolute atomic E-state index is 0.0152. The van der Waals surface area contributed by atoms with E-state index in [0.717, 1.165) is 5.56 Å². The van der Waals surface area contributed by atoms with Gasteiger partial charge in [-0.3, -0.25) is 14.4 Å². The second-order valence-corrected chi connectivity index (χ2v) is 11.7. The third-order valence-corrected chi connectivity index (χ3v) is 8.45. The van der Waals surface area contributed by atoms with Crippen LogP contribution in [0.15, 0.2) is 82.8 Å². The highest BCUT2D eigenvalue weighted by Crippen LogP contribution is 2.38. The standard InChI is InChI=1S/C34H33IN2O9/c1-43-26-10-6-9-22-16-29(46-31(22)26)34(42)37(18-20-7-4-3-5-8-20)25-15-23(33(41)36-11-12-38)17-27(30(25)40)45-32-24(35)13-21(19-39)14-28(32)44-2/h3-10,13-14,16-17,19,25,27,30,38,40H,11-12,15,18H2,1-2H3,(H,36,41)/t25-,27+,30+/m1/s1. The lowest BCUT2D eigenvalue weighted by Gasteiger charge is -2.40. The summed E-state index contributed by atoms with van der Waals surface area (Å²) in [6, 6.07) is 18.4. The Kier molecular flexibility index (Phi) is 10.6. The van der Waals surface area contributed by atoms with Crippen LogP contribution in [0, 0.1) is 3.57 Å². The van der Waals surface area contributed by atoms with Crippen molar-refractivity contribution in [2.24, 2.45) is 0 Å². The normalized spacial score (nSPS) is 17.6. The number of hydrogen-bond acceptors (Lipinski definition) is 9. The summed E-state index contributed by atoms with van der Waals surface area (Å²) < 4.78 is 23.8. The summed E-state index contributed by atoms with van der Waals surface area (Å²) in [6.07, 6.45) is -0.246. The summed E-state index contributed by atoms with van der Waals surface area (Å²) >= 11 is 2.00. The van der Waals surface area contributed by atoms with Crippen LogP contribution >= 0.6 is 22.6 Å². The summed E-state index contributed by atoms with van der Waals surface area (Å²) in [7, 11) is 2.94. The Morgan fingerprint density at radius 1 is 1.07 bits per heavy atom. The SMILES string of the molecule is COc1cc(C=O)cc(I)c1O[C@H]1C=C(C(=O)NCCO)C[C@@H](N(Cc2ccccc2)C(=O)c2cc3cccc(OC)c3o2)[C@@H]1O. The Morgan fingerprint density at radius 2 is 1.83 bits per heavy atom. The molecule has 0 saturated heterocycles. The van der Waals surface area contributed by atoms with E-state index in [9.17, 15) is 24.6 Å². The molecule has 240 valence electrons. The molecule has 0 fully saturated rings. The zero-order chi connectivity index (χ0) is 32.8. The highest BCUT2D eigenvalue weighted by Gasteiger charge is 2.42. The number of benzene rings is 3. The molecule has 0 spiro atoms. The molecule has 0 bridgehead atoms. The first kappa shape index (κ1) is 33.0. The van der Waals surface area contributed by atoms with E-state index in [0.29, 0.717) is 32.1 Å². The number of carbonyl (C=O) groups is 3. The van der Waals surface area contributed by atoms with Gasteiger partial charge in [-0.05, 0) is 58.5 Å². The number of furan rings is 1. The van der Waals surface area contributed by atoms with Gasteiger partial charge in [-0.15, -0.1) is 0 Å². The number of methoxy groups -OCH3 is 2. The van der Waals surface area contributed by atoms with Crippen LogP contribution in [0.25, 0.3) is 11.0 Å². The first-order chi connectivity index (χ1) is 22.3. The van der Waals surface area contributed by atoms with Gasteiger partial charge in [-0.25, -0.2) is 0 Å². The van der Waals surface area contributed by atoms with Crippen molar-refractivity contribution in [3.05, 3.63) is 98.8 Å². The Labute approximate surface area is 278 Å². The van der Waals surface area contributed by atoms with Gasteiger partial charge in [0.2, 0.25) is 5.91 Å². The molecule has 0 radical (unpaired) electrons. The number of carbonyl (C=O) groups excluding carboxylic acids is 3. The smallest absolute Gasteiger partial charge is 0.290 e. The number of rotatable bonds is 12. The first-order valence-corrected chi connectivity index (χ1v) is 15.5. The number of aliphatic hydroxyl groups excluding tert-OH is 2. The average Bonchev–Trinajstić information content (AvgIpc) is 3.52. The second-order valence-electron chi connectivity index (χ2n) is 10.6. The highest BCUT2D eigenvalue weighted by molar-refractivity contribution is 14.1. The van der Waals surface area contributed by atoms with E-state index in [2.05, 4.69) is 5.32 Å². The van der Waals surface area contributed by atoms with Crippen molar-refractivity contribution in [2.75, 3.05) is 27.4 Å². The van der Waals surface area contributed by atoms with Gasteiger partial charge < -0.3 is 39.1 Å². The van der Waals surface area contributed by atoms with Crippen molar-refractivity contribution in [1.82, 2.24) is 10.2 Å². The highest BCUT2D eigenvalue weighted by atomic mass is 127. The van der Waals surface area contributed by atoms with Gasteiger partial charge in [0.05, 0.1) is 30.4 Å². The van der Waals surface area contributed by atoms with Gasteiger partial charge in [-0.1, -0.05) is 42.5 Å². The largest absolute Gasteiger partial charge is 0.493 e. The van der Waals surface area contributed by atoms with Crippen molar-refractivity contribution < 1.29 is 43.2 Å².